The number of nitrogens with one attached hydrogen (secondary N) is 2. The summed E-state index contributed by atoms with van der Waals surface area (Å²) < 4.78 is 1.98. The van der Waals surface area contributed by atoms with Crippen LogP contribution in [0.25, 0.3) is 10.9 Å². The zero-order chi connectivity index (χ0) is 24.4. The van der Waals surface area contributed by atoms with E-state index in [2.05, 4.69) is 12.2 Å². The summed E-state index contributed by atoms with van der Waals surface area (Å²) in [5, 5.41) is 12.0. The average Bonchev–Trinajstić information content (AvgIpc) is 3.18. The van der Waals surface area contributed by atoms with Crippen molar-refractivity contribution < 1.29 is 9.59 Å². The fourth-order valence-electron chi connectivity index (χ4n) is 4.64. The van der Waals surface area contributed by atoms with Gasteiger partial charge in [-0.2, -0.15) is 0 Å². The van der Waals surface area contributed by atoms with Crippen LogP contribution in [0.1, 0.15) is 64.6 Å². The summed E-state index contributed by atoms with van der Waals surface area (Å²) in [5.74, 6) is 0.570. The van der Waals surface area contributed by atoms with E-state index in [4.69, 9.17) is 11.1 Å². The van der Waals surface area contributed by atoms with Crippen molar-refractivity contribution in [2.24, 2.45) is 11.7 Å². The molecule has 7 nitrogen and oxygen atoms in total. The lowest BCUT2D eigenvalue weighted by atomic mass is 9.87. The first-order valence-corrected chi connectivity index (χ1v) is 11.8. The van der Waals surface area contributed by atoms with Gasteiger partial charge in [-0.05, 0) is 61.4 Å². The van der Waals surface area contributed by atoms with Crippen LogP contribution in [0, 0.1) is 11.3 Å². The Morgan fingerprint density at radius 2 is 1.68 bits per heavy atom. The van der Waals surface area contributed by atoms with Crippen LogP contribution in [-0.4, -0.2) is 47.3 Å². The highest BCUT2D eigenvalue weighted by Gasteiger charge is 2.23. The average molecular weight is 460 g/mol. The molecule has 1 aliphatic carbocycles. The zero-order valence-electron chi connectivity index (χ0n) is 20.1. The summed E-state index contributed by atoms with van der Waals surface area (Å²) in [6.07, 6.45) is 4.27. The molecule has 2 aromatic carbocycles. The second-order valence-corrected chi connectivity index (χ2v) is 9.63. The van der Waals surface area contributed by atoms with Crippen molar-refractivity contribution in [2.75, 3.05) is 14.1 Å². The molecule has 34 heavy (non-hydrogen) atoms. The van der Waals surface area contributed by atoms with Gasteiger partial charge >= 0.3 is 0 Å². The minimum atomic E-state index is -0.0838. The molecule has 1 fully saturated rings. The molecule has 0 radical (unpaired) electrons. The number of nitrogens with two attached hydrogens (primary N) is 1. The lowest BCUT2D eigenvalue weighted by Crippen LogP contribution is -2.38. The van der Waals surface area contributed by atoms with Gasteiger partial charge in [0.25, 0.3) is 11.8 Å². The lowest BCUT2D eigenvalue weighted by Gasteiger charge is -2.27. The largest absolute Gasteiger partial charge is 0.384 e. The van der Waals surface area contributed by atoms with Crippen LogP contribution < -0.4 is 11.1 Å². The van der Waals surface area contributed by atoms with Gasteiger partial charge in [-0.3, -0.25) is 15.0 Å². The Morgan fingerprint density at radius 3 is 2.29 bits per heavy atom. The molecule has 0 unspecified atom stereocenters. The van der Waals surface area contributed by atoms with Gasteiger partial charge in [0.15, 0.2) is 0 Å². The maximum atomic E-state index is 13.4. The summed E-state index contributed by atoms with van der Waals surface area (Å²) in [7, 11) is 3.46. The first-order valence-electron chi connectivity index (χ1n) is 11.8. The van der Waals surface area contributed by atoms with Crippen molar-refractivity contribution in [1.82, 2.24) is 14.8 Å². The van der Waals surface area contributed by atoms with E-state index in [0.717, 1.165) is 42.1 Å². The molecule has 178 valence electrons. The molecule has 0 atom stereocenters. The molecule has 0 aliphatic heterocycles. The standard InChI is InChI=1S/C27H33N5O2/c1-17-4-12-22(13-5-17)30-26(33)24-14-20-10-11-21(25(28)29)15-23(20)32(24)16-18-6-8-19(9-7-18)27(34)31(2)3/h6-11,14-15,17,22H,4-5,12-13,16H2,1-3H3,(H3,28,29)(H,30,33). The summed E-state index contributed by atoms with van der Waals surface area (Å²) >= 11 is 0. The van der Waals surface area contributed by atoms with Gasteiger partial charge in [0.05, 0.1) is 0 Å². The van der Waals surface area contributed by atoms with Crippen molar-refractivity contribution in [2.45, 2.75) is 45.2 Å². The summed E-state index contributed by atoms with van der Waals surface area (Å²) in [6.45, 7) is 2.73. The molecule has 2 amide bonds. The van der Waals surface area contributed by atoms with Gasteiger partial charge in [0.2, 0.25) is 0 Å². The lowest BCUT2D eigenvalue weighted by molar-refractivity contribution is 0.0827. The van der Waals surface area contributed by atoms with Crippen LogP contribution in [0.2, 0.25) is 0 Å². The van der Waals surface area contributed by atoms with Crippen molar-refractivity contribution in [3.63, 3.8) is 0 Å². The Balaban J connectivity index is 1.67. The van der Waals surface area contributed by atoms with E-state index < -0.39 is 0 Å². The third kappa shape index (κ3) is 4.98. The van der Waals surface area contributed by atoms with Crippen LogP contribution in [0.5, 0.6) is 0 Å². The van der Waals surface area contributed by atoms with E-state index in [-0.39, 0.29) is 23.7 Å². The summed E-state index contributed by atoms with van der Waals surface area (Å²) in [6, 6.07) is 15.1. The number of aromatic nitrogens is 1. The van der Waals surface area contributed by atoms with Gasteiger partial charge in [-0.25, -0.2) is 0 Å². The summed E-state index contributed by atoms with van der Waals surface area (Å²) in [5.41, 5.74) is 9.38. The van der Waals surface area contributed by atoms with Crippen LogP contribution in [0.4, 0.5) is 0 Å². The molecule has 1 aliphatic rings. The number of amides is 2. The minimum Gasteiger partial charge on any atom is -0.384 e. The second kappa shape index (κ2) is 9.71. The number of benzene rings is 2. The predicted molar refractivity (Wildman–Crippen MR) is 135 cm³/mol. The molecule has 0 bridgehead atoms. The number of fused-ring (bicyclic) bond motifs is 1. The maximum Gasteiger partial charge on any atom is 0.268 e. The highest BCUT2D eigenvalue weighted by molar-refractivity contribution is 6.02. The first-order chi connectivity index (χ1) is 16.2. The van der Waals surface area contributed by atoms with Crippen molar-refractivity contribution in [3.8, 4) is 0 Å². The summed E-state index contributed by atoms with van der Waals surface area (Å²) in [4.78, 5) is 27.1. The molecule has 1 heterocycles. The number of hydrogen-bond acceptors (Lipinski definition) is 3. The topological polar surface area (TPSA) is 104 Å². The molecule has 7 heteroatoms. The Hall–Kier alpha value is -3.61. The van der Waals surface area contributed by atoms with E-state index in [1.807, 2.05) is 47.0 Å². The molecule has 4 N–H and O–H groups in total. The van der Waals surface area contributed by atoms with Gasteiger partial charge in [0.1, 0.15) is 11.5 Å². The highest BCUT2D eigenvalue weighted by Crippen LogP contribution is 2.26. The minimum absolute atomic E-state index is 0.0106. The number of rotatable bonds is 6. The SMILES string of the molecule is CC1CCC(NC(=O)c2cc3ccc(C(=N)N)cc3n2Cc2ccc(C(=O)N(C)C)cc2)CC1. The highest BCUT2D eigenvalue weighted by atomic mass is 16.2. The van der Waals surface area contributed by atoms with Crippen LogP contribution in [0.3, 0.4) is 0 Å². The fraction of sp³-hybridized carbons (Fsp3) is 0.370. The zero-order valence-corrected chi connectivity index (χ0v) is 20.1. The molecular formula is C27H33N5O2. The second-order valence-electron chi connectivity index (χ2n) is 9.63. The van der Waals surface area contributed by atoms with Gasteiger partial charge < -0.3 is 20.5 Å². The number of nitrogens with zero attached hydrogens (tertiary/aromatic N) is 2. The number of amidine groups is 1. The molecular weight excluding hydrogens is 426 g/mol. The Bertz CT molecular complexity index is 1220. The van der Waals surface area contributed by atoms with Crippen molar-refractivity contribution in [3.05, 3.63) is 70.9 Å². The molecule has 1 aromatic heterocycles. The van der Waals surface area contributed by atoms with Crippen molar-refractivity contribution >= 4 is 28.6 Å². The predicted octanol–water partition coefficient (Wildman–Crippen LogP) is 3.98. The Kier molecular flexibility index (Phi) is 6.72. The molecule has 0 saturated heterocycles. The molecule has 1 saturated carbocycles. The van der Waals surface area contributed by atoms with Gasteiger partial charge in [-0.1, -0.05) is 31.2 Å². The quantitative estimate of drug-likeness (QED) is 0.383. The number of nitrogen functional groups attached to an aromatic ring is 1. The van der Waals surface area contributed by atoms with E-state index in [1.54, 1.807) is 25.1 Å². The van der Waals surface area contributed by atoms with E-state index in [1.165, 1.54) is 0 Å². The van der Waals surface area contributed by atoms with Crippen LogP contribution >= 0.6 is 0 Å². The number of carbonyl (C=O) groups excluding carboxylic acids is 2. The fourth-order valence-corrected chi connectivity index (χ4v) is 4.64. The Labute approximate surface area is 200 Å². The maximum absolute atomic E-state index is 13.4. The van der Waals surface area contributed by atoms with Crippen LogP contribution in [-0.2, 0) is 6.54 Å². The monoisotopic (exact) mass is 459 g/mol. The first kappa shape index (κ1) is 23.5. The third-order valence-corrected chi connectivity index (χ3v) is 6.75. The molecule has 4 rings (SSSR count). The number of carbonyl (C=O) groups is 2. The van der Waals surface area contributed by atoms with Crippen molar-refractivity contribution in [1.29, 1.82) is 5.41 Å². The van der Waals surface area contributed by atoms with Crippen LogP contribution in [0.15, 0.2) is 48.5 Å². The van der Waals surface area contributed by atoms with Gasteiger partial charge in [-0.15, -0.1) is 0 Å². The van der Waals surface area contributed by atoms with Gasteiger partial charge in [0, 0.05) is 48.7 Å². The third-order valence-electron chi connectivity index (χ3n) is 6.75. The molecule has 0 spiro atoms. The Morgan fingerprint density at radius 1 is 1.03 bits per heavy atom. The molecule has 3 aromatic rings. The smallest absolute Gasteiger partial charge is 0.268 e. The normalized spacial score (nSPS) is 18.0. The van der Waals surface area contributed by atoms with E-state index in [9.17, 15) is 9.59 Å². The van der Waals surface area contributed by atoms with E-state index in [0.29, 0.717) is 29.3 Å². The van der Waals surface area contributed by atoms with E-state index >= 15 is 0 Å². The number of hydrogen-bond donors (Lipinski definition) is 3.